The average molecular weight is 525 g/mol. The quantitative estimate of drug-likeness (QED) is 0.307. The maximum absolute atomic E-state index is 12.5. The second-order valence-electron chi connectivity index (χ2n) is 7.55. The van der Waals surface area contributed by atoms with Crippen molar-refractivity contribution in [3.05, 3.63) is 42.4 Å². The number of thiazole rings is 1. The van der Waals surface area contributed by atoms with Crippen LogP contribution in [0.25, 0.3) is 0 Å². The van der Waals surface area contributed by atoms with Gasteiger partial charge < -0.3 is 20.8 Å². The molecule has 11 nitrogen and oxygen atoms in total. The maximum atomic E-state index is 12.5. The average Bonchev–Trinajstić information content (AvgIpc) is 3.42. The van der Waals surface area contributed by atoms with Gasteiger partial charge in [0.25, 0.3) is 0 Å². The van der Waals surface area contributed by atoms with Crippen LogP contribution in [0.5, 0.6) is 5.75 Å². The number of para-hydroxylation sites is 2. The summed E-state index contributed by atoms with van der Waals surface area (Å²) in [7, 11) is -3.67. The number of aromatic nitrogens is 3. The van der Waals surface area contributed by atoms with Crippen LogP contribution in [-0.2, 0) is 19.4 Å². The number of nitrogens with two attached hydrogens (primary N) is 1. The zero-order valence-electron chi connectivity index (χ0n) is 18.6. The maximum Gasteiger partial charge on any atom is 0.315 e. The van der Waals surface area contributed by atoms with E-state index in [4.69, 9.17) is 10.5 Å². The van der Waals surface area contributed by atoms with Crippen molar-refractivity contribution in [2.24, 2.45) is 11.7 Å². The minimum Gasteiger partial charge on any atom is -0.491 e. The molecule has 34 heavy (non-hydrogen) atoms. The van der Waals surface area contributed by atoms with Crippen molar-refractivity contribution < 1.29 is 22.7 Å². The van der Waals surface area contributed by atoms with E-state index in [1.54, 1.807) is 30.5 Å². The summed E-state index contributed by atoms with van der Waals surface area (Å²) in [4.78, 5) is 36.2. The van der Waals surface area contributed by atoms with Gasteiger partial charge in [0, 0.05) is 18.6 Å². The minimum atomic E-state index is -3.67. The molecule has 0 saturated carbocycles. The molecule has 0 aliphatic rings. The van der Waals surface area contributed by atoms with Crippen LogP contribution in [0.1, 0.15) is 24.9 Å². The van der Waals surface area contributed by atoms with Gasteiger partial charge >= 0.3 is 11.8 Å². The summed E-state index contributed by atoms with van der Waals surface area (Å²) in [5.74, 6) is -1.21. The summed E-state index contributed by atoms with van der Waals surface area (Å²) in [6, 6.07) is 6.76. The molecule has 182 valence electrons. The number of sulfone groups is 1. The Labute approximate surface area is 204 Å². The van der Waals surface area contributed by atoms with Crippen molar-refractivity contribution in [1.82, 2.24) is 15.0 Å². The first kappa shape index (κ1) is 25.7. The topological polar surface area (TPSA) is 169 Å². The Balaban J connectivity index is 1.76. The molecule has 2 heterocycles. The minimum absolute atomic E-state index is 0.0210. The Morgan fingerprint density at radius 2 is 1.94 bits per heavy atom. The predicted octanol–water partition coefficient (Wildman–Crippen LogP) is 2.63. The number of anilines is 2. The Morgan fingerprint density at radius 3 is 2.59 bits per heavy atom. The number of carbonyl (C=O) groups is 2. The number of aromatic amines is 1. The molecule has 2 aromatic heterocycles. The van der Waals surface area contributed by atoms with E-state index < -0.39 is 27.0 Å². The Hall–Kier alpha value is -2.94. The highest BCUT2D eigenvalue weighted by atomic mass is 32.2. The SMILES string of the molecule is CC(C)COc1ccccc1NC(=O)C(=O)Nc1nc(C(N)S(C)(=O)=O)c(Sc2ncc[nH]2)s1. The van der Waals surface area contributed by atoms with Gasteiger partial charge in [-0.3, -0.25) is 14.9 Å². The molecule has 0 bridgehead atoms. The first-order valence-corrected chi connectivity index (χ1v) is 13.6. The van der Waals surface area contributed by atoms with Crippen molar-refractivity contribution in [3.63, 3.8) is 0 Å². The molecule has 0 saturated heterocycles. The lowest BCUT2D eigenvalue weighted by molar-refractivity contribution is -0.133. The Bertz CT molecular complexity index is 1260. The highest BCUT2D eigenvalue weighted by molar-refractivity contribution is 8.01. The number of nitrogens with one attached hydrogen (secondary N) is 3. The van der Waals surface area contributed by atoms with Gasteiger partial charge in [0.2, 0.25) is 0 Å². The van der Waals surface area contributed by atoms with Crippen molar-refractivity contribution in [1.29, 1.82) is 0 Å². The fourth-order valence-corrected chi connectivity index (χ4v) is 5.31. The van der Waals surface area contributed by atoms with Crippen LogP contribution in [0.2, 0.25) is 0 Å². The number of hydrogen-bond donors (Lipinski definition) is 4. The van der Waals surface area contributed by atoms with Gasteiger partial charge in [-0.15, -0.1) is 0 Å². The van der Waals surface area contributed by atoms with Crippen LogP contribution in [0.3, 0.4) is 0 Å². The molecule has 5 N–H and O–H groups in total. The lowest BCUT2D eigenvalue weighted by atomic mass is 10.2. The summed E-state index contributed by atoms with van der Waals surface area (Å²) in [6.45, 7) is 4.42. The number of carbonyl (C=O) groups excluding carboxylic acids is 2. The summed E-state index contributed by atoms with van der Waals surface area (Å²) in [6.07, 6.45) is 4.13. The number of benzene rings is 1. The van der Waals surface area contributed by atoms with Gasteiger partial charge in [0.1, 0.15) is 11.4 Å². The normalized spacial score (nSPS) is 12.4. The number of ether oxygens (including phenoxy) is 1. The monoisotopic (exact) mass is 524 g/mol. The van der Waals surface area contributed by atoms with Crippen molar-refractivity contribution in [2.75, 3.05) is 23.5 Å². The molecule has 0 radical (unpaired) electrons. The van der Waals surface area contributed by atoms with Crippen LogP contribution < -0.4 is 21.1 Å². The highest BCUT2D eigenvalue weighted by Crippen LogP contribution is 2.39. The number of hydrogen-bond acceptors (Lipinski definition) is 10. The van der Waals surface area contributed by atoms with Crippen molar-refractivity contribution >= 4 is 55.6 Å². The second kappa shape index (κ2) is 11.0. The van der Waals surface area contributed by atoms with E-state index in [1.165, 1.54) is 6.20 Å². The van der Waals surface area contributed by atoms with Crippen LogP contribution in [0.15, 0.2) is 46.0 Å². The molecule has 3 aromatic rings. The molecule has 1 unspecified atom stereocenters. The Morgan fingerprint density at radius 1 is 1.24 bits per heavy atom. The predicted molar refractivity (Wildman–Crippen MR) is 131 cm³/mol. The fourth-order valence-electron chi connectivity index (χ4n) is 2.51. The van der Waals surface area contributed by atoms with E-state index in [2.05, 4.69) is 25.6 Å². The summed E-state index contributed by atoms with van der Waals surface area (Å²) < 4.78 is 30.1. The van der Waals surface area contributed by atoms with E-state index in [0.29, 0.717) is 27.4 Å². The second-order valence-corrected chi connectivity index (χ2v) is 12.0. The van der Waals surface area contributed by atoms with Gasteiger partial charge in [-0.2, -0.15) is 0 Å². The first-order valence-electron chi connectivity index (χ1n) is 10.0. The Kier molecular flexibility index (Phi) is 8.30. The smallest absolute Gasteiger partial charge is 0.315 e. The molecule has 1 atom stereocenters. The summed E-state index contributed by atoms with van der Waals surface area (Å²) >= 11 is 2.09. The van der Waals surface area contributed by atoms with Crippen LogP contribution in [-0.4, -0.2) is 48.0 Å². The van der Waals surface area contributed by atoms with Crippen molar-refractivity contribution in [3.8, 4) is 5.75 Å². The van der Waals surface area contributed by atoms with E-state index in [9.17, 15) is 18.0 Å². The van der Waals surface area contributed by atoms with Crippen molar-refractivity contribution in [2.45, 2.75) is 28.6 Å². The number of nitrogens with zero attached hydrogens (tertiary/aromatic N) is 2. The van der Waals surface area contributed by atoms with Gasteiger partial charge in [-0.25, -0.2) is 18.4 Å². The van der Waals surface area contributed by atoms with E-state index >= 15 is 0 Å². The molecular formula is C20H24N6O5S3. The van der Waals surface area contributed by atoms with Gasteiger partial charge in [0.05, 0.1) is 16.5 Å². The molecule has 2 amide bonds. The fraction of sp³-hybridized carbons (Fsp3) is 0.300. The molecular weight excluding hydrogens is 500 g/mol. The first-order chi connectivity index (χ1) is 16.0. The third-order valence-corrected chi connectivity index (χ3v) is 7.39. The van der Waals surface area contributed by atoms with Crippen LogP contribution in [0.4, 0.5) is 10.8 Å². The molecule has 14 heteroatoms. The van der Waals surface area contributed by atoms with Crippen LogP contribution >= 0.6 is 23.1 Å². The molecule has 0 aliphatic heterocycles. The highest BCUT2D eigenvalue weighted by Gasteiger charge is 2.28. The zero-order chi connectivity index (χ0) is 24.9. The lowest BCUT2D eigenvalue weighted by Gasteiger charge is -2.13. The summed E-state index contributed by atoms with van der Waals surface area (Å²) in [5.41, 5.74) is 6.28. The molecule has 0 fully saturated rings. The molecule has 3 rings (SSSR count). The number of rotatable bonds is 9. The van der Waals surface area contributed by atoms with E-state index in [1.807, 2.05) is 13.8 Å². The molecule has 0 spiro atoms. The zero-order valence-corrected chi connectivity index (χ0v) is 21.0. The number of imidazole rings is 1. The van der Waals surface area contributed by atoms with Gasteiger partial charge in [-0.1, -0.05) is 37.3 Å². The van der Waals surface area contributed by atoms with E-state index in [0.717, 1.165) is 29.4 Å². The van der Waals surface area contributed by atoms with Crippen LogP contribution in [0, 0.1) is 5.92 Å². The molecule has 1 aromatic carbocycles. The van der Waals surface area contributed by atoms with E-state index in [-0.39, 0.29) is 16.7 Å². The van der Waals surface area contributed by atoms with Gasteiger partial charge in [-0.05, 0) is 29.8 Å². The van der Waals surface area contributed by atoms with Gasteiger partial charge in [0.15, 0.2) is 25.5 Å². The third kappa shape index (κ3) is 6.79. The third-order valence-electron chi connectivity index (χ3n) is 4.15. The number of H-pyrrole nitrogens is 1. The largest absolute Gasteiger partial charge is 0.491 e. The summed E-state index contributed by atoms with van der Waals surface area (Å²) in [5, 5.41) is 4.01. The lowest BCUT2D eigenvalue weighted by Crippen LogP contribution is -2.29. The molecule has 0 aliphatic carbocycles. The number of amides is 2. The standard InChI is InChI=1S/C20H24N6O5S3/c1-11(2)10-31-13-7-5-4-6-12(13)24-16(27)17(28)26-20-25-14(15(21)34(3,29)30)18(33-20)32-19-22-8-9-23-19/h4-9,11,15H,10,21H2,1-3H3,(H,22,23)(H,24,27)(H,25,26,28).